The van der Waals surface area contributed by atoms with Crippen molar-refractivity contribution in [3.63, 3.8) is 0 Å². The first-order valence-corrected chi connectivity index (χ1v) is 10.2. The zero-order valence-corrected chi connectivity index (χ0v) is 16.7. The molecule has 154 valence electrons. The Balaban J connectivity index is 1.39. The van der Waals surface area contributed by atoms with Crippen molar-refractivity contribution in [1.82, 2.24) is 24.6 Å². The van der Waals surface area contributed by atoms with Crippen molar-refractivity contribution < 1.29 is 14.0 Å². The molecule has 8 heteroatoms. The Morgan fingerprint density at radius 1 is 1.14 bits per heavy atom. The number of rotatable bonds is 4. The summed E-state index contributed by atoms with van der Waals surface area (Å²) < 4.78 is 15.9. The highest BCUT2D eigenvalue weighted by molar-refractivity contribution is 5.76. The van der Waals surface area contributed by atoms with Gasteiger partial charge in [0.05, 0.1) is 6.54 Å². The number of likely N-dealkylation sites (tertiary alicyclic amines) is 1. The molecule has 2 aliphatic rings. The number of benzene rings is 1. The molecular weight excluding hydrogens is 373 g/mol. The first kappa shape index (κ1) is 19.5. The topological polar surface area (TPSA) is 71.3 Å². The molecule has 0 spiro atoms. The van der Waals surface area contributed by atoms with Crippen molar-refractivity contribution in [1.29, 1.82) is 0 Å². The van der Waals surface area contributed by atoms with Crippen molar-refractivity contribution in [3.8, 4) is 0 Å². The highest BCUT2D eigenvalue weighted by atomic mass is 19.1. The van der Waals surface area contributed by atoms with E-state index in [1.807, 2.05) is 4.90 Å². The fourth-order valence-electron chi connectivity index (χ4n) is 4.27. The van der Waals surface area contributed by atoms with Gasteiger partial charge in [0.25, 0.3) is 0 Å². The summed E-state index contributed by atoms with van der Waals surface area (Å²) in [6.45, 7) is 4.76. The quantitative estimate of drug-likeness (QED) is 0.790. The zero-order chi connectivity index (χ0) is 20.4. The summed E-state index contributed by atoms with van der Waals surface area (Å²) in [6.07, 6.45) is 2.63. The maximum Gasteiger partial charge on any atom is 0.223 e. The van der Waals surface area contributed by atoms with E-state index in [-0.39, 0.29) is 30.0 Å². The van der Waals surface area contributed by atoms with Crippen LogP contribution >= 0.6 is 0 Å². The van der Waals surface area contributed by atoms with Gasteiger partial charge in [-0.15, -0.1) is 10.2 Å². The number of amides is 2. The molecule has 0 unspecified atom stereocenters. The largest absolute Gasteiger partial charge is 0.342 e. The minimum Gasteiger partial charge on any atom is -0.342 e. The molecule has 1 fully saturated rings. The molecule has 3 heterocycles. The van der Waals surface area contributed by atoms with Gasteiger partial charge in [-0.05, 0) is 30.9 Å². The smallest absolute Gasteiger partial charge is 0.223 e. The number of carbonyl (C=O) groups is 2. The Morgan fingerprint density at radius 2 is 1.97 bits per heavy atom. The van der Waals surface area contributed by atoms with Crippen molar-refractivity contribution in [3.05, 3.63) is 47.3 Å². The summed E-state index contributed by atoms with van der Waals surface area (Å²) in [4.78, 5) is 28.0. The summed E-state index contributed by atoms with van der Waals surface area (Å²) in [5.41, 5.74) is 0.565. The van der Waals surface area contributed by atoms with Gasteiger partial charge < -0.3 is 14.4 Å². The fourth-order valence-corrected chi connectivity index (χ4v) is 4.27. The van der Waals surface area contributed by atoms with Crippen LogP contribution in [0, 0.1) is 5.82 Å². The first-order valence-electron chi connectivity index (χ1n) is 10.2. The summed E-state index contributed by atoms with van der Waals surface area (Å²) >= 11 is 0. The molecule has 0 radical (unpaired) electrons. The van der Waals surface area contributed by atoms with Crippen LogP contribution in [0.4, 0.5) is 4.39 Å². The second-order valence-electron chi connectivity index (χ2n) is 7.84. The van der Waals surface area contributed by atoms with Gasteiger partial charge in [-0.25, -0.2) is 4.39 Å². The number of piperidine rings is 1. The summed E-state index contributed by atoms with van der Waals surface area (Å²) in [7, 11) is 0. The van der Waals surface area contributed by atoms with E-state index in [2.05, 4.69) is 14.8 Å². The number of hydrogen-bond acceptors (Lipinski definition) is 4. The highest BCUT2D eigenvalue weighted by Gasteiger charge is 2.30. The molecular formula is C21H26FN5O2. The van der Waals surface area contributed by atoms with Crippen LogP contribution in [0.15, 0.2) is 24.3 Å². The number of hydrogen-bond donors (Lipinski definition) is 0. The van der Waals surface area contributed by atoms with Crippen LogP contribution in [0.2, 0.25) is 0 Å². The third kappa shape index (κ3) is 4.16. The molecule has 2 aromatic rings. The molecule has 0 bridgehead atoms. The average Bonchev–Trinajstić information content (AvgIpc) is 3.16. The maximum absolute atomic E-state index is 13.8. The van der Waals surface area contributed by atoms with Crippen LogP contribution in [0.25, 0.3) is 0 Å². The standard InChI is InChI=1S/C21H26FN5O2/c1-15(28)25-10-4-6-17(13-25)21-24-23-19-14-26(11-12-27(19)21)20(29)9-8-16-5-2-3-7-18(16)22/h2-3,5,7,17H,4,6,8-14H2,1H3/t17-/m1/s1. The molecule has 2 amide bonds. The summed E-state index contributed by atoms with van der Waals surface area (Å²) in [6, 6.07) is 6.57. The van der Waals surface area contributed by atoms with E-state index < -0.39 is 0 Å². The van der Waals surface area contributed by atoms with Crippen LogP contribution in [-0.2, 0) is 29.1 Å². The number of aromatic nitrogens is 3. The Bertz CT molecular complexity index is 912. The molecule has 29 heavy (non-hydrogen) atoms. The molecule has 1 saturated heterocycles. The van der Waals surface area contributed by atoms with Gasteiger partial charge in [0.1, 0.15) is 11.6 Å². The second-order valence-corrected chi connectivity index (χ2v) is 7.84. The third-order valence-electron chi connectivity index (χ3n) is 5.93. The van der Waals surface area contributed by atoms with Crippen molar-refractivity contribution in [2.75, 3.05) is 19.6 Å². The third-order valence-corrected chi connectivity index (χ3v) is 5.93. The van der Waals surface area contributed by atoms with E-state index in [1.165, 1.54) is 6.07 Å². The molecule has 7 nitrogen and oxygen atoms in total. The van der Waals surface area contributed by atoms with E-state index in [1.54, 1.807) is 30.0 Å². The van der Waals surface area contributed by atoms with Gasteiger partial charge in [-0.3, -0.25) is 9.59 Å². The van der Waals surface area contributed by atoms with Gasteiger partial charge in [0.2, 0.25) is 11.8 Å². The lowest BCUT2D eigenvalue weighted by Gasteiger charge is -2.33. The van der Waals surface area contributed by atoms with Crippen LogP contribution in [0.5, 0.6) is 0 Å². The summed E-state index contributed by atoms with van der Waals surface area (Å²) in [5.74, 6) is 1.73. The molecule has 1 aromatic carbocycles. The van der Waals surface area contributed by atoms with E-state index in [9.17, 15) is 14.0 Å². The van der Waals surface area contributed by atoms with Crippen LogP contribution in [0.3, 0.4) is 0 Å². The first-order chi connectivity index (χ1) is 14.0. The molecule has 0 N–H and O–H groups in total. The monoisotopic (exact) mass is 399 g/mol. The molecule has 0 aliphatic carbocycles. The Hall–Kier alpha value is -2.77. The average molecular weight is 399 g/mol. The Morgan fingerprint density at radius 3 is 2.76 bits per heavy atom. The van der Waals surface area contributed by atoms with Crippen LogP contribution in [-0.4, -0.2) is 56.0 Å². The number of halogens is 1. The predicted octanol–water partition coefficient (Wildman–Crippen LogP) is 2.12. The predicted molar refractivity (Wildman–Crippen MR) is 104 cm³/mol. The van der Waals surface area contributed by atoms with Crippen LogP contribution < -0.4 is 0 Å². The number of carbonyl (C=O) groups excluding carboxylic acids is 2. The molecule has 4 rings (SSSR count). The number of aryl methyl sites for hydroxylation is 1. The molecule has 1 aromatic heterocycles. The van der Waals surface area contributed by atoms with Gasteiger partial charge in [0, 0.05) is 45.4 Å². The number of fused-ring (bicyclic) bond motifs is 1. The van der Waals surface area contributed by atoms with E-state index in [0.29, 0.717) is 38.2 Å². The van der Waals surface area contributed by atoms with E-state index >= 15 is 0 Å². The Kier molecular flexibility index (Phi) is 5.60. The van der Waals surface area contributed by atoms with E-state index in [0.717, 1.165) is 31.0 Å². The van der Waals surface area contributed by atoms with Gasteiger partial charge in [0.15, 0.2) is 5.82 Å². The van der Waals surface area contributed by atoms with Crippen LogP contribution in [0.1, 0.15) is 49.3 Å². The normalized spacial score (nSPS) is 19.2. The SMILES string of the molecule is CC(=O)N1CCC[C@@H](c2nnc3n2CCN(C(=O)CCc2ccccc2F)C3)C1. The lowest BCUT2D eigenvalue weighted by Crippen LogP contribution is -2.41. The fraction of sp³-hybridized carbons (Fsp3) is 0.524. The van der Waals surface area contributed by atoms with Gasteiger partial charge >= 0.3 is 0 Å². The zero-order valence-electron chi connectivity index (χ0n) is 16.7. The molecule has 0 saturated carbocycles. The van der Waals surface area contributed by atoms with Gasteiger partial charge in [-0.2, -0.15) is 0 Å². The molecule has 1 atom stereocenters. The van der Waals surface area contributed by atoms with E-state index in [4.69, 9.17) is 0 Å². The number of nitrogens with zero attached hydrogens (tertiary/aromatic N) is 5. The minimum absolute atomic E-state index is 0.00414. The minimum atomic E-state index is -0.268. The summed E-state index contributed by atoms with van der Waals surface area (Å²) in [5, 5.41) is 8.72. The maximum atomic E-state index is 13.8. The van der Waals surface area contributed by atoms with Crippen molar-refractivity contribution >= 4 is 11.8 Å². The Labute approximate surface area is 169 Å². The second kappa shape index (κ2) is 8.31. The lowest BCUT2D eigenvalue weighted by atomic mass is 9.97. The lowest BCUT2D eigenvalue weighted by molar-refractivity contribution is -0.133. The van der Waals surface area contributed by atoms with Crippen molar-refractivity contribution in [2.24, 2.45) is 0 Å². The highest BCUT2D eigenvalue weighted by Crippen LogP contribution is 2.27. The van der Waals surface area contributed by atoms with Gasteiger partial charge in [-0.1, -0.05) is 18.2 Å². The van der Waals surface area contributed by atoms with Crippen molar-refractivity contribution in [2.45, 2.75) is 51.6 Å². The molecule has 2 aliphatic heterocycles.